The highest BCUT2D eigenvalue weighted by atomic mass is 16.7. The SMILES string of the molecule is CCCC(C)CCOC(OC)c1ccc2ccccc2c1.CCCCCCCCCOC(OC)c1ccco1.CCCOCCOC(OC)c1ccc(OC)cc1.CCCOCCOCCOC(OC)c1cccc2ccccc12. The molecule has 0 saturated heterocycles. The lowest BCUT2D eigenvalue weighted by atomic mass is 10.0. The van der Waals surface area contributed by atoms with Gasteiger partial charge in [-0.05, 0) is 83.5 Å². The summed E-state index contributed by atoms with van der Waals surface area (Å²) in [5, 5.41) is 4.79. The predicted octanol–water partition coefficient (Wildman–Crippen LogP) is 16.7. The fraction of sp³-hybridized carbons (Fsp3) is 0.552. The second-order valence-corrected chi connectivity index (χ2v) is 19.4. The number of benzene rings is 5. The van der Waals surface area contributed by atoms with Gasteiger partial charge in [-0.1, -0.05) is 177 Å². The van der Waals surface area contributed by atoms with Gasteiger partial charge >= 0.3 is 0 Å². The van der Waals surface area contributed by atoms with Gasteiger partial charge in [-0.2, -0.15) is 0 Å². The lowest BCUT2D eigenvalue weighted by Crippen LogP contribution is -2.13. The summed E-state index contributed by atoms with van der Waals surface area (Å²) in [6.07, 6.45) is 14.9. The Kier molecular flexibility index (Phi) is 39.8. The van der Waals surface area contributed by atoms with Crippen molar-refractivity contribution in [3.05, 3.63) is 150 Å². The molecule has 13 heteroatoms. The second-order valence-electron chi connectivity index (χ2n) is 19.4. The molecular formula is C67H100O13. The average Bonchev–Trinajstić information content (AvgIpc) is 4.04. The quantitative estimate of drug-likeness (QED) is 0.0269. The average molecular weight is 1110 g/mol. The van der Waals surface area contributed by atoms with Gasteiger partial charge in [-0.25, -0.2) is 0 Å². The Bertz CT molecular complexity index is 2340. The van der Waals surface area contributed by atoms with Crippen LogP contribution in [0.3, 0.4) is 0 Å². The van der Waals surface area contributed by atoms with Crippen LogP contribution in [0.4, 0.5) is 0 Å². The van der Waals surface area contributed by atoms with Gasteiger partial charge in [0.25, 0.3) is 0 Å². The van der Waals surface area contributed by atoms with Gasteiger partial charge in [0, 0.05) is 58.3 Å². The molecule has 6 rings (SSSR count). The molecule has 0 spiro atoms. The molecule has 5 unspecified atom stereocenters. The minimum absolute atomic E-state index is 0.275. The second kappa shape index (κ2) is 45.8. The molecule has 0 amide bonds. The van der Waals surface area contributed by atoms with Crippen LogP contribution in [0, 0.1) is 5.92 Å². The fourth-order valence-electron chi connectivity index (χ4n) is 8.55. The van der Waals surface area contributed by atoms with E-state index in [1.54, 1.807) is 41.8 Å². The predicted molar refractivity (Wildman–Crippen MR) is 322 cm³/mol. The summed E-state index contributed by atoms with van der Waals surface area (Å²) in [4.78, 5) is 0. The number of fused-ring (bicyclic) bond motifs is 2. The van der Waals surface area contributed by atoms with Crippen LogP contribution in [0.1, 0.15) is 159 Å². The van der Waals surface area contributed by atoms with E-state index in [-0.39, 0.29) is 25.2 Å². The van der Waals surface area contributed by atoms with Crippen LogP contribution in [0.15, 0.2) is 132 Å². The van der Waals surface area contributed by atoms with E-state index in [0.29, 0.717) is 45.6 Å². The normalized spacial score (nSPS) is 13.0. The van der Waals surface area contributed by atoms with Crippen LogP contribution >= 0.6 is 0 Å². The van der Waals surface area contributed by atoms with Crippen molar-refractivity contribution in [1.82, 2.24) is 0 Å². The zero-order valence-electron chi connectivity index (χ0n) is 50.4. The summed E-state index contributed by atoms with van der Waals surface area (Å²) >= 11 is 0. The van der Waals surface area contributed by atoms with Crippen molar-refractivity contribution in [2.24, 2.45) is 5.92 Å². The summed E-state index contributed by atoms with van der Waals surface area (Å²) in [5.74, 6) is 2.27. The number of methoxy groups -OCH3 is 5. The van der Waals surface area contributed by atoms with Crippen molar-refractivity contribution < 1.29 is 61.3 Å². The van der Waals surface area contributed by atoms with Gasteiger partial charge in [0.1, 0.15) is 5.75 Å². The first-order chi connectivity index (χ1) is 39.3. The first-order valence-electron chi connectivity index (χ1n) is 29.2. The minimum Gasteiger partial charge on any atom is -0.497 e. The Morgan fingerprint density at radius 1 is 0.388 bits per heavy atom. The molecule has 5 atom stereocenters. The van der Waals surface area contributed by atoms with E-state index < -0.39 is 0 Å². The monoisotopic (exact) mass is 1110 g/mol. The molecule has 446 valence electrons. The number of rotatable bonds is 39. The highest BCUT2D eigenvalue weighted by molar-refractivity contribution is 5.86. The third kappa shape index (κ3) is 28.8. The molecule has 0 aliphatic rings. The lowest BCUT2D eigenvalue weighted by molar-refractivity contribution is -0.139. The van der Waals surface area contributed by atoms with Gasteiger partial charge < -0.3 is 61.3 Å². The van der Waals surface area contributed by atoms with Crippen molar-refractivity contribution >= 4 is 21.5 Å². The zero-order valence-corrected chi connectivity index (χ0v) is 50.4. The van der Waals surface area contributed by atoms with Gasteiger partial charge in [0.15, 0.2) is 24.6 Å². The van der Waals surface area contributed by atoms with E-state index in [1.165, 1.54) is 67.5 Å². The Morgan fingerprint density at radius 3 is 1.54 bits per heavy atom. The van der Waals surface area contributed by atoms with Crippen LogP contribution in [0.2, 0.25) is 0 Å². The number of unbranched alkanes of at least 4 members (excludes halogenated alkanes) is 6. The number of ether oxygens (including phenoxy) is 12. The first kappa shape index (κ1) is 69.5. The van der Waals surface area contributed by atoms with Crippen molar-refractivity contribution in [3.63, 3.8) is 0 Å². The molecule has 0 N–H and O–H groups in total. The van der Waals surface area contributed by atoms with Crippen molar-refractivity contribution in [1.29, 1.82) is 0 Å². The van der Waals surface area contributed by atoms with E-state index in [0.717, 1.165) is 85.7 Å². The molecule has 0 radical (unpaired) electrons. The maximum Gasteiger partial charge on any atom is 0.216 e. The summed E-state index contributed by atoms with van der Waals surface area (Å²) in [5.41, 5.74) is 3.09. The molecule has 0 aliphatic heterocycles. The largest absolute Gasteiger partial charge is 0.497 e. The van der Waals surface area contributed by atoms with E-state index in [2.05, 4.69) is 95.3 Å². The van der Waals surface area contributed by atoms with E-state index in [4.69, 9.17) is 61.3 Å². The molecule has 1 aromatic heterocycles. The molecule has 0 bridgehead atoms. The Hall–Kier alpha value is -4.74. The molecule has 13 nitrogen and oxygen atoms in total. The lowest BCUT2D eigenvalue weighted by Gasteiger charge is -2.18. The molecule has 0 aliphatic carbocycles. The maximum atomic E-state index is 5.92. The van der Waals surface area contributed by atoms with Gasteiger partial charge in [-0.15, -0.1) is 0 Å². The van der Waals surface area contributed by atoms with Crippen LogP contribution in [0.25, 0.3) is 21.5 Å². The van der Waals surface area contributed by atoms with Crippen molar-refractivity contribution in [3.8, 4) is 5.75 Å². The highest BCUT2D eigenvalue weighted by Gasteiger charge is 2.16. The standard InChI is InChI=1S/C19H26O4.C19H26O2.C15H26O3.C14H22O4/c1-3-11-21-12-13-22-14-15-23-19(20-2)18-10-6-8-16-7-4-5-9-17(16)18;1-4-7-15(2)12-13-21-19(20-3)18-11-10-16-8-5-6-9-17(16)14-18;1-3-4-5-6-7-8-9-12-18-15(16-2)14-11-10-13-17-14;1-4-9-17-10-11-18-14(16-3)12-5-7-13(15-2)8-6-12/h4-10,19H,3,11-15H2,1-2H3;5-6,8-11,14-15,19H,4,7,12-13H2,1-3H3;10-11,13,15H,3-9,12H2,1-2H3;5-8,14H,4,9-11H2,1-3H3. The number of furan rings is 1. The topological polar surface area (TPSA) is 124 Å². The smallest absolute Gasteiger partial charge is 0.216 e. The van der Waals surface area contributed by atoms with Gasteiger partial charge in [0.2, 0.25) is 6.29 Å². The van der Waals surface area contributed by atoms with E-state index in [9.17, 15) is 0 Å². The third-order valence-corrected chi connectivity index (χ3v) is 12.9. The molecule has 1 heterocycles. The minimum atomic E-state index is -0.388. The van der Waals surface area contributed by atoms with E-state index in [1.807, 2.05) is 60.7 Å². The third-order valence-electron chi connectivity index (χ3n) is 12.9. The molecule has 0 fully saturated rings. The van der Waals surface area contributed by atoms with E-state index >= 15 is 0 Å². The first-order valence-corrected chi connectivity index (χ1v) is 29.2. The Morgan fingerprint density at radius 2 is 0.925 bits per heavy atom. The molecular weight excluding hydrogens is 1010 g/mol. The number of hydrogen-bond donors (Lipinski definition) is 0. The maximum absolute atomic E-state index is 5.92. The Labute approximate surface area is 481 Å². The highest BCUT2D eigenvalue weighted by Crippen LogP contribution is 2.28. The zero-order chi connectivity index (χ0) is 57.7. The van der Waals surface area contributed by atoms with Gasteiger partial charge in [-0.3, -0.25) is 0 Å². The summed E-state index contributed by atoms with van der Waals surface area (Å²) < 4.78 is 71.1. The van der Waals surface area contributed by atoms with Crippen molar-refractivity contribution in [2.45, 2.75) is 137 Å². The summed E-state index contributed by atoms with van der Waals surface area (Å²) in [6.45, 7) is 17.3. The van der Waals surface area contributed by atoms with Crippen LogP contribution in [-0.2, 0) is 52.1 Å². The fourth-order valence-corrected chi connectivity index (χ4v) is 8.55. The van der Waals surface area contributed by atoms with Crippen molar-refractivity contribution in [2.75, 3.05) is 102 Å². The number of hydrogen-bond acceptors (Lipinski definition) is 13. The molecule has 6 aromatic rings. The molecule has 80 heavy (non-hydrogen) atoms. The Balaban J connectivity index is 0.000000282. The van der Waals surface area contributed by atoms with Crippen LogP contribution in [-0.4, -0.2) is 102 Å². The summed E-state index contributed by atoms with van der Waals surface area (Å²) in [7, 11) is 8.27. The molecule has 0 saturated carbocycles. The molecule has 5 aromatic carbocycles. The summed E-state index contributed by atoms with van der Waals surface area (Å²) in [6, 6.07) is 40.5. The van der Waals surface area contributed by atoms with Crippen LogP contribution in [0.5, 0.6) is 5.75 Å². The van der Waals surface area contributed by atoms with Crippen LogP contribution < -0.4 is 4.74 Å². The van der Waals surface area contributed by atoms with Gasteiger partial charge in [0.05, 0.1) is 66.2 Å².